The molecule has 8 heteroatoms. The Morgan fingerprint density at radius 1 is 0.540 bits per heavy atom. The molecule has 0 fully saturated rings. The molecule has 2 unspecified atom stereocenters. The van der Waals surface area contributed by atoms with Crippen LogP contribution in [0.4, 0.5) is 0 Å². The van der Waals surface area contributed by atoms with Gasteiger partial charge in [-0.2, -0.15) is 0 Å². The fourth-order valence-corrected chi connectivity index (χ4v) is 7.48. The van der Waals surface area contributed by atoms with Crippen molar-refractivity contribution in [2.45, 2.75) is 104 Å². The van der Waals surface area contributed by atoms with Gasteiger partial charge >= 0.3 is 0 Å². The topological polar surface area (TPSA) is 93.2 Å². The van der Waals surface area contributed by atoms with E-state index in [2.05, 4.69) is 6.92 Å². The number of amides is 4. The van der Waals surface area contributed by atoms with Gasteiger partial charge in [-0.25, -0.2) is 0 Å². The summed E-state index contributed by atoms with van der Waals surface area (Å²) in [6.07, 6.45) is 2.14. The maximum atomic E-state index is 14.4. The van der Waals surface area contributed by atoms with E-state index in [1.807, 2.05) is 91.8 Å². The molecule has 2 atom stereocenters. The summed E-state index contributed by atoms with van der Waals surface area (Å²) >= 11 is 0. The predicted molar refractivity (Wildman–Crippen MR) is 197 cm³/mol. The summed E-state index contributed by atoms with van der Waals surface area (Å²) in [6.45, 7) is 18.3. The van der Waals surface area contributed by atoms with Crippen molar-refractivity contribution in [3.63, 3.8) is 0 Å². The van der Waals surface area contributed by atoms with E-state index in [-0.39, 0.29) is 42.4 Å². The SMILES string of the molecule is CCC(C)(C)OCC(C)N1C(=O)c2ccc3c4ccc5c6c(ccc(c7ccc(c2c37)C1=O)c64)C(=O)N(C(C)(CC)COC(C)(C)CC)C5=O. The fourth-order valence-electron chi connectivity index (χ4n) is 7.48. The molecular weight excluding hydrogens is 628 g/mol. The van der Waals surface area contributed by atoms with E-state index in [1.54, 1.807) is 12.1 Å². The maximum Gasteiger partial charge on any atom is 0.261 e. The van der Waals surface area contributed by atoms with Crippen LogP contribution in [-0.4, -0.2) is 69.4 Å². The summed E-state index contributed by atoms with van der Waals surface area (Å²) in [6, 6.07) is 14.5. The summed E-state index contributed by atoms with van der Waals surface area (Å²) in [5.74, 6) is -1.34. The molecule has 0 aliphatic carbocycles. The molecule has 8 nitrogen and oxygen atoms in total. The summed E-state index contributed by atoms with van der Waals surface area (Å²) in [4.78, 5) is 59.5. The van der Waals surface area contributed by atoms with Gasteiger partial charge in [0.25, 0.3) is 23.6 Å². The minimum atomic E-state index is -0.847. The minimum Gasteiger partial charge on any atom is -0.373 e. The van der Waals surface area contributed by atoms with E-state index in [0.29, 0.717) is 39.4 Å². The predicted octanol–water partition coefficient (Wildman–Crippen LogP) is 8.90. The lowest BCUT2D eigenvalue weighted by Crippen LogP contribution is -2.57. The third kappa shape index (κ3) is 4.86. The van der Waals surface area contributed by atoms with Gasteiger partial charge in [-0.3, -0.25) is 29.0 Å². The van der Waals surface area contributed by atoms with Crippen molar-refractivity contribution in [2.24, 2.45) is 0 Å². The lowest BCUT2D eigenvalue weighted by atomic mass is 9.81. The Morgan fingerprint density at radius 3 is 1.30 bits per heavy atom. The molecule has 0 aromatic heterocycles. The van der Waals surface area contributed by atoms with E-state index in [9.17, 15) is 19.2 Å². The smallest absolute Gasteiger partial charge is 0.261 e. The normalized spacial score (nSPS) is 17.2. The Kier molecular flexibility index (Phi) is 7.88. The molecule has 0 radical (unpaired) electrons. The van der Waals surface area contributed by atoms with E-state index < -0.39 is 17.2 Å². The lowest BCUT2D eigenvalue weighted by Gasteiger charge is -2.43. The van der Waals surface area contributed by atoms with E-state index >= 15 is 0 Å². The highest BCUT2D eigenvalue weighted by atomic mass is 16.5. The highest BCUT2D eigenvalue weighted by Gasteiger charge is 2.45. The molecule has 0 N–H and O–H groups in total. The van der Waals surface area contributed by atoms with Crippen molar-refractivity contribution in [1.82, 2.24) is 9.80 Å². The number of hydrogen-bond acceptors (Lipinski definition) is 6. The Balaban J connectivity index is 1.37. The van der Waals surface area contributed by atoms with Crippen molar-refractivity contribution in [2.75, 3.05) is 13.2 Å². The van der Waals surface area contributed by atoms with Gasteiger partial charge in [0.15, 0.2) is 0 Å². The van der Waals surface area contributed by atoms with Crippen LogP contribution in [0, 0.1) is 0 Å². The molecule has 5 aromatic carbocycles. The Labute approximate surface area is 293 Å². The van der Waals surface area contributed by atoms with Crippen molar-refractivity contribution in [3.8, 4) is 0 Å². The molecule has 0 saturated carbocycles. The largest absolute Gasteiger partial charge is 0.373 e. The second-order valence-corrected chi connectivity index (χ2v) is 15.6. The molecule has 2 aliphatic rings. The number of carbonyl (C=O) groups excluding carboxylic acids is 4. The summed E-state index contributed by atoms with van der Waals surface area (Å²) in [7, 11) is 0. The number of rotatable bonds is 11. The zero-order chi connectivity index (χ0) is 36.1. The first-order valence-electron chi connectivity index (χ1n) is 17.8. The lowest BCUT2D eigenvalue weighted by molar-refractivity contribution is -0.0669. The second-order valence-electron chi connectivity index (χ2n) is 15.6. The average Bonchev–Trinajstić information content (AvgIpc) is 3.10. The zero-order valence-electron chi connectivity index (χ0n) is 30.6. The number of ether oxygens (including phenoxy) is 2. The van der Waals surface area contributed by atoms with Crippen LogP contribution in [0.25, 0.3) is 43.1 Å². The molecule has 0 spiro atoms. The van der Waals surface area contributed by atoms with Crippen LogP contribution in [0.5, 0.6) is 0 Å². The number of carbonyl (C=O) groups is 4. The third-order valence-corrected chi connectivity index (χ3v) is 11.6. The van der Waals surface area contributed by atoms with Gasteiger partial charge in [-0.15, -0.1) is 0 Å². The van der Waals surface area contributed by atoms with Gasteiger partial charge < -0.3 is 9.47 Å². The Morgan fingerprint density at radius 2 is 0.920 bits per heavy atom. The molecule has 0 saturated heterocycles. The number of nitrogens with zero attached hydrogens (tertiary/aromatic N) is 2. The van der Waals surface area contributed by atoms with Gasteiger partial charge in [0.1, 0.15) is 0 Å². The molecule has 5 aromatic rings. The first-order chi connectivity index (χ1) is 23.6. The van der Waals surface area contributed by atoms with Crippen LogP contribution in [0.1, 0.15) is 123 Å². The molecule has 260 valence electrons. The van der Waals surface area contributed by atoms with Gasteiger partial charge in [0.05, 0.1) is 36.0 Å². The van der Waals surface area contributed by atoms with Gasteiger partial charge in [-0.1, -0.05) is 45.0 Å². The van der Waals surface area contributed by atoms with Crippen LogP contribution in [0.15, 0.2) is 48.5 Å². The highest BCUT2D eigenvalue weighted by Crippen LogP contribution is 2.47. The Hall–Kier alpha value is -4.40. The minimum absolute atomic E-state index is 0.230. The fraction of sp³-hybridized carbons (Fsp3) is 0.429. The van der Waals surface area contributed by atoms with E-state index in [0.717, 1.165) is 45.2 Å². The van der Waals surface area contributed by atoms with Crippen molar-refractivity contribution >= 4 is 66.7 Å². The quantitative estimate of drug-likeness (QED) is 0.0789. The monoisotopic (exact) mass is 674 g/mol. The summed E-state index contributed by atoms with van der Waals surface area (Å²) in [5, 5.41) is 6.40. The second kappa shape index (κ2) is 11.6. The Bertz CT molecular complexity index is 2150. The van der Waals surface area contributed by atoms with Crippen LogP contribution in [-0.2, 0) is 9.47 Å². The number of fused-ring (bicyclic) bond motifs is 2. The van der Waals surface area contributed by atoms with Gasteiger partial charge in [0, 0.05) is 33.0 Å². The first-order valence-corrected chi connectivity index (χ1v) is 17.8. The van der Waals surface area contributed by atoms with E-state index in [4.69, 9.17) is 9.47 Å². The zero-order valence-corrected chi connectivity index (χ0v) is 30.6. The molecule has 50 heavy (non-hydrogen) atoms. The van der Waals surface area contributed by atoms with E-state index in [1.165, 1.54) is 9.80 Å². The van der Waals surface area contributed by atoms with Crippen LogP contribution in [0.2, 0.25) is 0 Å². The summed E-state index contributed by atoms with van der Waals surface area (Å²) in [5.41, 5.74) is 0.304. The van der Waals surface area contributed by atoms with Gasteiger partial charge in [0.2, 0.25) is 0 Å². The molecule has 7 rings (SSSR count). The standard InChI is InChI=1S/C42H46N2O6/c1-10-40(5,6)49-21-23(4)43-36(45)28-17-13-24-26-15-19-30-35-31(39(48)44(38(30)47)42(9,12-3)22-50-41(7,8)11-2)20-16-27(33(26)35)25-14-18-29(37(43)46)34(28)32(24)25/h13-20,23H,10-12,21-22H2,1-9H3. The third-order valence-electron chi connectivity index (χ3n) is 11.6. The van der Waals surface area contributed by atoms with Gasteiger partial charge in [-0.05, 0) is 117 Å². The van der Waals surface area contributed by atoms with Crippen LogP contribution < -0.4 is 0 Å². The molecule has 4 amide bonds. The van der Waals surface area contributed by atoms with Crippen molar-refractivity contribution < 1.29 is 28.7 Å². The average molecular weight is 675 g/mol. The summed E-state index contributed by atoms with van der Waals surface area (Å²) < 4.78 is 12.4. The maximum absolute atomic E-state index is 14.4. The molecular formula is C42H46N2O6. The van der Waals surface area contributed by atoms with Crippen molar-refractivity contribution in [3.05, 3.63) is 70.8 Å². The molecule has 2 aliphatic heterocycles. The van der Waals surface area contributed by atoms with Crippen LogP contribution in [0.3, 0.4) is 0 Å². The van der Waals surface area contributed by atoms with Crippen LogP contribution >= 0.6 is 0 Å². The van der Waals surface area contributed by atoms with Crippen molar-refractivity contribution in [1.29, 1.82) is 0 Å². The number of imide groups is 2. The number of hydrogen-bond donors (Lipinski definition) is 0. The molecule has 2 heterocycles. The highest BCUT2D eigenvalue weighted by molar-refractivity contribution is 6.41. The number of benzene rings is 5. The first kappa shape index (κ1) is 34.1. The molecule has 0 bridgehead atoms.